The quantitative estimate of drug-likeness (QED) is 0.270. The minimum Gasteiger partial charge on any atom is -0.459 e. The van der Waals surface area contributed by atoms with Gasteiger partial charge in [0, 0.05) is 48.6 Å². The number of oxime groups is 1. The summed E-state index contributed by atoms with van der Waals surface area (Å²) in [5, 5.41) is 20.8. The summed E-state index contributed by atoms with van der Waals surface area (Å²) in [5.74, 6) is -3.68. The number of esters is 1. The van der Waals surface area contributed by atoms with Gasteiger partial charge in [-0.1, -0.05) is 45.8 Å². The lowest BCUT2D eigenvalue weighted by molar-refractivity contribution is -0.192. The SMILES string of the molecule is CC[C@H]1OC(=O)[C@H](C)C(=O)[C@H](C)[C@@H](C)[C@@]2(C)C[C@@H](C)/C(=N\C(C)=O)[C@H](C)[C@@H](OC/C(=N\OCc3ccc(-n4cccn4)nc3)CO2)[C@]1(C)O. The van der Waals surface area contributed by atoms with E-state index in [-0.39, 0.29) is 43.9 Å². The van der Waals surface area contributed by atoms with Crippen LogP contribution in [0.2, 0.25) is 0 Å². The van der Waals surface area contributed by atoms with E-state index in [0.29, 0.717) is 23.7 Å². The monoisotopic (exact) mass is 681 g/mol. The molecule has 2 aromatic rings. The predicted octanol–water partition coefficient (Wildman–Crippen LogP) is 4.53. The summed E-state index contributed by atoms with van der Waals surface area (Å²) in [5.41, 5.74) is -1.01. The van der Waals surface area contributed by atoms with Crippen LogP contribution in [0.4, 0.5) is 0 Å². The van der Waals surface area contributed by atoms with E-state index in [2.05, 4.69) is 20.2 Å². The number of aromatic nitrogens is 3. The summed E-state index contributed by atoms with van der Waals surface area (Å²) in [7, 11) is 0. The predicted molar refractivity (Wildman–Crippen MR) is 182 cm³/mol. The van der Waals surface area contributed by atoms with E-state index in [1.165, 1.54) is 13.8 Å². The summed E-state index contributed by atoms with van der Waals surface area (Å²) in [6.07, 6.45) is 3.74. The number of Topliss-reactive ketones (excluding diaryl/α,β-unsaturated/α-hetero) is 1. The second-order valence-electron chi connectivity index (χ2n) is 13.9. The third kappa shape index (κ3) is 8.68. The molecule has 0 unspecified atom stereocenters. The molecule has 0 aromatic carbocycles. The molecule has 13 nitrogen and oxygen atoms in total. The highest BCUT2D eigenvalue weighted by molar-refractivity contribution is 6.00. The fourth-order valence-corrected chi connectivity index (χ4v) is 7.00. The molecule has 0 saturated carbocycles. The van der Waals surface area contributed by atoms with Gasteiger partial charge < -0.3 is 24.2 Å². The number of rotatable bonds is 5. The van der Waals surface area contributed by atoms with Crippen LogP contribution in [0.1, 0.15) is 80.7 Å². The number of carbonyl (C=O) groups is 3. The number of amides is 1. The summed E-state index contributed by atoms with van der Waals surface area (Å²) >= 11 is 0. The van der Waals surface area contributed by atoms with Gasteiger partial charge in [0.25, 0.3) is 0 Å². The number of hydrogen-bond donors (Lipinski definition) is 1. The number of fused-ring (bicyclic) bond motifs is 5. The van der Waals surface area contributed by atoms with Crippen LogP contribution in [-0.4, -0.2) is 85.6 Å². The van der Waals surface area contributed by atoms with Crippen LogP contribution in [0, 0.1) is 29.6 Å². The molecular formula is C36H51N5O8. The number of ketones is 1. The van der Waals surface area contributed by atoms with Crippen molar-refractivity contribution in [3.63, 3.8) is 0 Å². The van der Waals surface area contributed by atoms with Gasteiger partial charge in [0.1, 0.15) is 35.7 Å². The average molecular weight is 682 g/mol. The van der Waals surface area contributed by atoms with Crippen molar-refractivity contribution in [2.75, 3.05) is 13.2 Å². The maximum absolute atomic E-state index is 13.7. The lowest BCUT2D eigenvalue weighted by Gasteiger charge is -2.44. The van der Waals surface area contributed by atoms with E-state index < -0.39 is 53.0 Å². The van der Waals surface area contributed by atoms with Crippen molar-refractivity contribution in [1.82, 2.24) is 14.8 Å². The van der Waals surface area contributed by atoms with E-state index in [4.69, 9.17) is 19.0 Å². The van der Waals surface area contributed by atoms with E-state index in [1.807, 2.05) is 45.9 Å². The van der Waals surface area contributed by atoms with Gasteiger partial charge in [-0.2, -0.15) is 5.10 Å². The molecule has 2 aliphatic rings. The summed E-state index contributed by atoms with van der Waals surface area (Å²) in [4.78, 5) is 54.3. The third-order valence-electron chi connectivity index (χ3n) is 10.2. The third-order valence-corrected chi connectivity index (χ3v) is 10.2. The number of ether oxygens (including phenoxy) is 3. The standard InChI is InChI=1S/C36H51N5O8/c1-10-29-36(9,45)33-23(4)31(39-26(7)42)21(2)16-35(8,25(6)22(3)32(43)24(5)34(44)49-29)47-20-28(19-46-33)40-48-18-27-12-13-30(37-17-27)41-15-11-14-38-41/h11-15,17,21-25,29,33,45H,10,16,18-20H2,1-9H3/b39-31+,40-28+/t21-,22-,23+,24-,25-,29-,33-,35-,36-/m1/s1. The van der Waals surface area contributed by atoms with Gasteiger partial charge in [-0.15, -0.1) is 0 Å². The number of carbonyl (C=O) groups excluding carboxylic acids is 3. The Kier molecular flexibility index (Phi) is 12.3. The normalized spacial score (nSPS) is 35.3. The molecule has 2 bridgehead atoms. The zero-order valence-corrected chi connectivity index (χ0v) is 30.1. The van der Waals surface area contributed by atoms with Crippen LogP contribution in [-0.2, 0) is 40.0 Å². The molecule has 2 fully saturated rings. The summed E-state index contributed by atoms with van der Waals surface area (Å²) < 4.78 is 20.7. The maximum atomic E-state index is 13.7. The Hall–Kier alpha value is -3.81. The highest BCUT2D eigenvalue weighted by Gasteiger charge is 2.50. The van der Waals surface area contributed by atoms with Gasteiger partial charge in [-0.05, 0) is 57.6 Å². The van der Waals surface area contributed by atoms with Gasteiger partial charge in [0.2, 0.25) is 5.91 Å². The van der Waals surface area contributed by atoms with Crippen molar-refractivity contribution < 1.29 is 38.5 Å². The van der Waals surface area contributed by atoms with E-state index in [1.54, 1.807) is 44.0 Å². The van der Waals surface area contributed by atoms with Crippen LogP contribution in [0.15, 0.2) is 46.9 Å². The number of aliphatic hydroxyl groups is 1. The molecule has 268 valence electrons. The molecule has 9 atom stereocenters. The molecule has 2 aliphatic heterocycles. The van der Waals surface area contributed by atoms with Crippen molar-refractivity contribution in [2.45, 2.75) is 105 Å². The average Bonchev–Trinajstić information content (AvgIpc) is 3.61. The van der Waals surface area contributed by atoms with Gasteiger partial charge in [0.15, 0.2) is 5.82 Å². The van der Waals surface area contributed by atoms with E-state index in [9.17, 15) is 19.5 Å². The molecule has 0 spiro atoms. The van der Waals surface area contributed by atoms with Crippen molar-refractivity contribution >= 4 is 29.1 Å². The van der Waals surface area contributed by atoms with Crippen molar-refractivity contribution in [2.24, 2.45) is 39.7 Å². The number of hydrogen-bond acceptors (Lipinski definition) is 11. The molecular weight excluding hydrogens is 630 g/mol. The maximum Gasteiger partial charge on any atom is 0.316 e. The zero-order chi connectivity index (χ0) is 36.1. The van der Waals surface area contributed by atoms with Gasteiger partial charge in [-0.25, -0.2) is 14.7 Å². The summed E-state index contributed by atoms with van der Waals surface area (Å²) in [6.45, 7) is 15.7. The molecule has 1 N–H and O–H groups in total. The van der Waals surface area contributed by atoms with E-state index in [0.717, 1.165) is 5.56 Å². The Balaban J connectivity index is 1.77. The lowest BCUT2D eigenvalue weighted by Crippen LogP contribution is -2.57. The van der Waals surface area contributed by atoms with Gasteiger partial charge >= 0.3 is 5.97 Å². The second kappa shape index (κ2) is 15.8. The minimum atomic E-state index is -1.76. The zero-order valence-electron chi connectivity index (χ0n) is 30.1. The molecule has 13 heteroatoms. The van der Waals surface area contributed by atoms with Crippen LogP contribution in [0.5, 0.6) is 0 Å². The second-order valence-corrected chi connectivity index (χ2v) is 13.9. The van der Waals surface area contributed by atoms with Crippen molar-refractivity contribution in [3.05, 3.63) is 42.4 Å². The fraction of sp³-hybridized carbons (Fsp3) is 0.639. The highest BCUT2D eigenvalue weighted by atomic mass is 16.6. The Morgan fingerprint density at radius 1 is 1.12 bits per heavy atom. The smallest absolute Gasteiger partial charge is 0.316 e. The number of aliphatic imine (C=N–C) groups is 1. The Morgan fingerprint density at radius 2 is 1.86 bits per heavy atom. The molecule has 4 heterocycles. The molecule has 0 radical (unpaired) electrons. The van der Waals surface area contributed by atoms with Crippen LogP contribution < -0.4 is 0 Å². The van der Waals surface area contributed by atoms with Crippen LogP contribution in [0.3, 0.4) is 0 Å². The molecule has 2 aromatic heterocycles. The molecule has 0 aliphatic carbocycles. The van der Waals surface area contributed by atoms with Crippen LogP contribution in [0.25, 0.3) is 5.82 Å². The molecule has 2 saturated heterocycles. The Morgan fingerprint density at radius 3 is 2.47 bits per heavy atom. The molecule has 1 amide bonds. The first-order valence-corrected chi connectivity index (χ1v) is 17.0. The largest absolute Gasteiger partial charge is 0.459 e. The van der Waals surface area contributed by atoms with E-state index >= 15 is 0 Å². The van der Waals surface area contributed by atoms with Gasteiger partial charge in [-0.3, -0.25) is 14.4 Å². The molecule has 4 rings (SSSR count). The highest BCUT2D eigenvalue weighted by Crippen LogP contribution is 2.39. The first-order valence-electron chi connectivity index (χ1n) is 17.0. The molecule has 49 heavy (non-hydrogen) atoms. The topological polar surface area (TPSA) is 164 Å². The first kappa shape index (κ1) is 38.0. The first-order chi connectivity index (χ1) is 23.1. The number of nitrogens with zero attached hydrogens (tertiary/aromatic N) is 5. The van der Waals surface area contributed by atoms with Crippen molar-refractivity contribution in [1.29, 1.82) is 0 Å². The Bertz CT molecular complexity index is 1520. The Labute approximate surface area is 288 Å². The number of pyridine rings is 1. The van der Waals surface area contributed by atoms with Crippen LogP contribution >= 0.6 is 0 Å². The van der Waals surface area contributed by atoms with Gasteiger partial charge in [0.05, 0.1) is 24.9 Å². The fourth-order valence-electron chi connectivity index (χ4n) is 7.00. The van der Waals surface area contributed by atoms with Crippen molar-refractivity contribution in [3.8, 4) is 5.82 Å². The number of cyclic esters (lactones) is 1. The lowest BCUT2D eigenvalue weighted by atomic mass is 9.70. The minimum absolute atomic E-state index is 0.00439. The summed E-state index contributed by atoms with van der Waals surface area (Å²) in [6, 6.07) is 5.51.